The Labute approximate surface area is 109 Å². The molecule has 0 heterocycles. The highest BCUT2D eigenvalue weighted by atomic mass is 14.3. The lowest BCUT2D eigenvalue weighted by atomic mass is 9.92. The third-order valence-corrected chi connectivity index (χ3v) is 4.07. The summed E-state index contributed by atoms with van der Waals surface area (Å²) in [6.07, 6.45) is 6.36. The topological polar surface area (TPSA) is 0 Å². The van der Waals surface area contributed by atoms with Crippen molar-refractivity contribution in [3.8, 4) is 0 Å². The molecule has 0 spiro atoms. The predicted octanol–water partition coefficient (Wildman–Crippen LogP) is 5.53. The van der Waals surface area contributed by atoms with Gasteiger partial charge in [0, 0.05) is 5.92 Å². The predicted molar refractivity (Wildman–Crippen MR) is 79.9 cm³/mol. The summed E-state index contributed by atoms with van der Waals surface area (Å²) in [6, 6.07) is 13.4. The Morgan fingerprint density at radius 3 is 2.72 bits per heavy atom. The Kier molecular flexibility index (Phi) is 2.95. The third kappa shape index (κ3) is 1.77. The highest BCUT2D eigenvalue weighted by Gasteiger charge is 2.22. The van der Waals surface area contributed by atoms with Crippen LogP contribution in [0.1, 0.15) is 50.2 Å². The number of benzene rings is 2. The van der Waals surface area contributed by atoms with Crippen LogP contribution < -0.4 is 0 Å². The molecule has 0 N–H and O–H groups in total. The lowest BCUT2D eigenvalue weighted by molar-refractivity contribution is 0.669. The van der Waals surface area contributed by atoms with E-state index in [0.717, 1.165) is 0 Å². The van der Waals surface area contributed by atoms with Crippen molar-refractivity contribution in [1.29, 1.82) is 0 Å². The van der Waals surface area contributed by atoms with E-state index >= 15 is 0 Å². The molecular formula is C18H20. The molecule has 0 fully saturated rings. The van der Waals surface area contributed by atoms with Gasteiger partial charge in [-0.3, -0.25) is 0 Å². The molecule has 1 aliphatic rings. The zero-order valence-electron chi connectivity index (χ0n) is 11.2. The molecule has 2 aromatic carbocycles. The summed E-state index contributed by atoms with van der Waals surface area (Å²) in [7, 11) is 0. The summed E-state index contributed by atoms with van der Waals surface area (Å²) in [4.78, 5) is 0. The molecule has 0 saturated heterocycles. The number of allylic oxidation sites excluding steroid dienone is 2. The summed E-state index contributed by atoms with van der Waals surface area (Å²) in [6.45, 7) is 4.53. The quantitative estimate of drug-likeness (QED) is 0.657. The maximum Gasteiger partial charge on any atom is 0.00301 e. The van der Waals surface area contributed by atoms with Crippen molar-refractivity contribution in [1.82, 2.24) is 0 Å². The molecule has 1 unspecified atom stereocenters. The molecule has 2 aromatic rings. The Balaban J connectivity index is 2.12. The second kappa shape index (κ2) is 4.61. The van der Waals surface area contributed by atoms with Crippen LogP contribution in [-0.4, -0.2) is 0 Å². The lowest BCUT2D eigenvalue weighted by Crippen LogP contribution is -1.93. The van der Waals surface area contributed by atoms with E-state index in [1.165, 1.54) is 41.2 Å². The molecule has 0 aliphatic heterocycles. The number of hydrogen-bond acceptors (Lipinski definition) is 0. The van der Waals surface area contributed by atoms with Gasteiger partial charge in [0.15, 0.2) is 0 Å². The van der Waals surface area contributed by atoms with E-state index in [1.54, 1.807) is 5.56 Å². The van der Waals surface area contributed by atoms with Gasteiger partial charge in [-0.25, -0.2) is 0 Å². The summed E-state index contributed by atoms with van der Waals surface area (Å²) in [5.41, 5.74) is 4.50. The van der Waals surface area contributed by atoms with Crippen molar-refractivity contribution >= 4 is 16.3 Å². The van der Waals surface area contributed by atoms with E-state index in [1.807, 2.05) is 0 Å². The van der Waals surface area contributed by atoms with Crippen LogP contribution in [0, 0.1) is 0 Å². The smallest absolute Gasteiger partial charge is 0.00301 e. The molecule has 3 rings (SSSR count). The van der Waals surface area contributed by atoms with Crippen molar-refractivity contribution < 1.29 is 0 Å². The van der Waals surface area contributed by atoms with Crippen LogP contribution >= 0.6 is 0 Å². The molecule has 18 heavy (non-hydrogen) atoms. The van der Waals surface area contributed by atoms with E-state index < -0.39 is 0 Å². The molecule has 0 nitrogen and oxygen atoms in total. The normalized spacial score (nSPS) is 17.9. The Hall–Kier alpha value is -1.56. The second-order valence-electron chi connectivity index (χ2n) is 5.35. The SMILES string of the molecule is CCCCC1C=C(C)c2c1ccc1ccccc21. The summed E-state index contributed by atoms with van der Waals surface area (Å²) >= 11 is 0. The fourth-order valence-electron chi connectivity index (χ4n) is 3.18. The first kappa shape index (κ1) is 11.5. The largest absolute Gasteiger partial charge is 0.0734 e. The maximum atomic E-state index is 2.47. The van der Waals surface area contributed by atoms with Crippen molar-refractivity contribution in [2.24, 2.45) is 0 Å². The van der Waals surface area contributed by atoms with Gasteiger partial charge < -0.3 is 0 Å². The Bertz CT molecular complexity index is 604. The average Bonchev–Trinajstić information content (AvgIpc) is 2.73. The molecule has 1 atom stereocenters. The monoisotopic (exact) mass is 236 g/mol. The standard InChI is InChI=1S/C18H20/c1-3-4-7-15-12-13(2)18-16-9-6-5-8-14(16)10-11-17(15)18/h5-6,8-12,15H,3-4,7H2,1-2H3. The molecule has 92 valence electrons. The number of unbranched alkanes of at least 4 members (excludes halogenated alkanes) is 1. The Morgan fingerprint density at radius 1 is 1.06 bits per heavy atom. The second-order valence-corrected chi connectivity index (χ2v) is 5.35. The van der Waals surface area contributed by atoms with Crippen LogP contribution in [0.3, 0.4) is 0 Å². The van der Waals surface area contributed by atoms with Gasteiger partial charge in [-0.2, -0.15) is 0 Å². The van der Waals surface area contributed by atoms with Gasteiger partial charge in [0.05, 0.1) is 0 Å². The molecule has 0 bridgehead atoms. The van der Waals surface area contributed by atoms with E-state index in [9.17, 15) is 0 Å². The van der Waals surface area contributed by atoms with Gasteiger partial charge in [0.2, 0.25) is 0 Å². The molecule has 1 aliphatic carbocycles. The van der Waals surface area contributed by atoms with Gasteiger partial charge >= 0.3 is 0 Å². The minimum absolute atomic E-state index is 0.643. The van der Waals surface area contributed by atoms with Gasteiger partial charge in [-0.15, -0.1) is 0 Å². The average molecular weight is 236 g/mol. The fourth-order valence-corrected chi connectivity index (χ4v) is 3.18. The molecule has 0 radical (unpaired) electrons. The molecule has 0 amide bonds. The van der Waals surface area contributed by atoms with Crippen LogP contribution in [0.5, 0.6) is 0 Å². The zero-order valence-corrected chi connectivity index (χ0v) is 11.2. The summed E-state index contributed by atoms with van der Waals surface area (Å²) < 4.78 is 0. The van der Waals surface area contributed by atoms with Crippen LogP contribution in [0.4, 0.5) is 0 Å². The number of fused-ring (bicyclic) bond motifs is 3. The van der Waals surface area contributed by atoms with Gasteiger partial charge in [-0.1, -0.05) is 62.2 Å². The van der Waals surface area contributed by atoms with E-state index in [-0.39, 0.29) is 0 Å². The highest BCUT2D eigenvalue weighted by molar-refractivity contribution is 5.97. The van der Waals surface area contributed by atoms with Crippen molar-refractivity contribution in [2.75, 3.05) is 0 Å². The maximum absolute atomic E-state index is 2.47. The summed E-state index contributed by atoms with van der Waals surface area (Å²) in [5, 5.41) is 2.78. The van der Waals surface area contributed by atoms with Crippen molar-refractivity contribution in [3.63, 3.8) is 0 Å². The van der Waals surface area contributed by atoms with Crippen molar-refractivity contribution in [3.05, 3.63) is 53.6 Å². The molecular weight excluding hydrogens is 216 g/mol. The van der Waals surface area contributed by atoms with Crippen molar-refractivity contribution in [2.45, 2.75) is 39.0 Å². The first-order valence-corrected chi connectivity index (χ1v) is 7.01. The third-order valence-electron chi connectivity index (χ3n) is 4.07. The fraction of sp³-hybridized carbons (Fsp3) is 0.333. The van der Waals surface area contributed by atoms with Crippen LogP contribution in [0.2, 0.25) is 0 Å². The van der Waals surface area contributed by atoms with Crippen LogP contribution in [0.25, 0.3) is 16.3 Å². The Morgan fingerprint density at radius 2 is 1.89 bits per heavy atom. The van der Waals surface area contributed by atoms with Gasteiger partial charge in [-0.05, 0) is 40.8 Å². The number of rotatable bonds is 3. The van der Waals surface area contributed by atoms with E-state index in [2.05, 4.69) is 56.3 Å². The zero-order chi connectivity index (χ0) is 12.5. The molecule has 0 saturated carbocycles. The van der Waals surface area contributed by atoms with Crippen LogP contribution in [0.15, 0.2) is 42.5 Å². The minimum Gasteiger partial charge on any atom is -0.0734 e. The first-order chi connectivity index (χ1) is 8.81. The molecule has 0 aromatic heterocycles. The van der Waals surface area contributed by atoms with Crippen LogP contribution in [-0.2, 0) is 0 Å². The highest BCUT2D eigenvalue weighted by Crippen LogP contribution is 2.42. The van der Waals surface area contributed by atoms with E-state index in [4.69, 9.17) is 0 Å². The van der Waals surface area contributed by atoms with E-state index in [0.29, 0.717) is 5.92 Å². The van der Waals surface area contributed by atoms with Gasteiger partial charge in [0.25, 0.3) is 0 Å². The lowest BCUT2D eigenvalue weighted by Gasteiger charge is -2.12. The summed E-state index contributed by atoms with van der Waals surface area (Å²) in [5.74, 6) is 0.643. The number of hydrogen-bond donors (Lipinski definition) is 0. The van der Waals surface area contributed by atoms with Gasteiger partial charge in [0.1, 0.15) is 0 Å². The molecule has 0 heteroatoms. The first-order valence-electron chi connectivity index (χ1n) is 7.01. The minimum atomic E-state index is 0.643.